The van der Waals surface area contributed by atoms with Crippen molar-refractivity contribution in [1.29, 1.82) is 0 Å². The molecule has 2 N–H and O–H groups in total. The van der Waals surface area contributed by atoms with E-state index in [-0.39, 0.29) is 0 Å². The van der Waals surface area contributed by atoms with Crippen LogP contribution in [0.3, 0.4) is 0 Å². The van der Waals surface area contributed by atoms with Crippen LogP contribution in [-0.4, -0.2) is 29.6 Å². The van der Waals surface area contributed by atoms with Crippen LogP contribution in [0.1, 0.15) is 77.6 Å². The van der Waals surface area contributed by atoms with Gasteiger partial charge in [-0.25, -0.2) is 0 Å². The average Bonchev–Trinajstić information content (AvgIpc) is 2.49. The van der Waals surface area contributed by atoms with Crippen molar-refractivity contribution in [2.45, 2.75) is 95.7 Å². The van der Waals surface area contributed by atoms with Crippen molar-refractivity contribution >= 4 is 0 Å². The van der Waals surface area contributed by atoms with Gasteiger partial charge in [-0.1, -0.05) is 32.6 Å². The second kappa shape index (κ2) is 6.79. The predicted octanol–water partition coefficient (Wildman–Crippen LogP) is 3.94. The number of piperidine rings is 1. The Kier molecular flexibility index (Phi) is 5.04. The lowest BCUT2D eigenvalue weighted by Crippen LogP contribution is -2.58. The molecule has 5 unspecified atom stereocenters. The van der Waals surface area contributed by atoms with Crippen molar-refractivity contribution in [3.05, 3.63) is 0 Å². The number of hydrogen-bond acceptors (Lipinski definition) is 2. The zero-order valence-electron chi connectivity index (χ0n) is 13.4. The van der Waals surface area contributed by atoms with Crippen LogP contribution in [0.25, 0.3) is 0 Å². The van der Waals surface area contributed by atoms with Gasteiger partial charge >= 0.3 is 0 Å². The maximum Gasteiger partial charge on any atom is 0.0252 e. The molecule has 2 heteroatoms. The molecule has 0 aromatic heterocycles. The second-order valence-corrected chi connectivity index (χ2v) is 7.69. The average molecular weight is 278 g/mol. The van der Waals surface area contributed by atoms with Crippen LogP contribution in [0.2, 0.25) is 0 Å². The molecule has 1 saturated heterocycles. The summed E-state index contributed by atoms with van der Waals surface area (Å²) < 4.78 is 0. The number of nitrogens with two attached hydrogens (primary N) is 1. The van der Waals surface area contributed by atoms with Gasteiger partial charge in [-0.15, -0.1) is 0 Å². The summed E-state index contributed by atoms with van der Waals surface area (Å²) in [7, 11) is 0. The van der Waals surface area contributed by atoms with Gasteiger partial charge < -0.3 is 5.73 Å². The van der Waals surface area contributed by atoms with Crippen molar-refractivity contribution in [3.63, 3.8) is 0 Å². The molecule has 20 heavy (non-hydrogen) atoms. The van der Waals surface area contributed by atoms with Gasteiger partial charge in [0.15, 0.2) is 0 Å². The fourth-order valence-electron chi connectivity index (χ4n) is 5.38. The summed E-state index contributed by atoms with van der Waals surface area (Å²) in [4.78, 5) is 2.89. The lowest BCUT2D eigenvalue weighted by Gasteiger charge is -2.51. The number of rotatable bonds is 3. The topological polar surface area (TPSA) is 29.3 Å². The molecule has 2 aliphatic carbocycles. The van der Waals surface area contributed by atoms with Crippen LogP contribution >= 0.6 is 0 Å². The Morgan fingerprint density at radius 1 is 0.950 bits per heavy atom. The number of likely N-dealkylation sites (tertiary alicyclic amines) is 1. The molecule has 3 rings (SSSR count). The van der Waals surface area contributed by atoms with Crippen LogP contribution < -0.4 is 5.73 Å². The third-order valence-electron chi connectivity index (χ3n) is 6.39. The first-order chi connectivity index (χ1) is 9.79. The van der Waals surface area contributed by atoms with E-state index in [0.717, 1.165) is 17.9 Å². The van der Waals surface area contributed by atoms with Gasteiger partial charge in [-0.05, 0) is 63.3 Å². The van der Waals surface area contributed by atoms with Gasteiger partial charge in [-0.2, -0.15) is 0 Å². The Labute approximate surface area is 125 Å². The highest BCUT2D eigenvalue weighted by Gasteiger charge is 2.40. The maximum absolute atomic E-state index is 6.55. The van der Waals surface area contributed by atoms with Crippen molar-refractivity contribution in [1.82, 2.24) is 4.90 Å². The summed E-state index contributed by atoms with van der Waals surface area (Å²) in [5.41, 5.74) is 6.55. The van der Waals surface area contributed by atoms with E-state index >= 15 is 0 Å². The molecular formula is C18H34N2. The van der Waals surface area contributed by atoms with Crippen LogP contribution in [-0.2, 0) is 0 Å². The molecule has 3 aliphatic rings. The van der Waals surface area contributed by atoms with Crippen molar-refractivity contribution in [3.8, 4) is 0 Å². The van der Waals surface area contributed by atoms with Gasteiger partial charge in [0.2, 0.25) is 0 Å². The van der Waals surface area contributed by atoms with Gasteiger partial charge in [0.1, 0.15) is 0 Å². The quantitative estimate of drug-likeness (QED) is 0.847. The molecule has 5 atom stereocenters. The largest absolute Gasteiger partial charge is 0.326 e. The molecule has 0 bridgehead atoms. The summed E-state index contributed by atoms with van der Waals surface area (Å²) in [5, 5.41) is 0. The van der Waals surface area contributed by atoms with Gasteiger partial charge in [0.25, 0.3) is 0 Å². The molecule has 0 aromatic rings. The molecule has 2 saturated carbocycles. The standard InChI is InChI=1S/C18H34N2/c1-2-6-14-10-11-16(19)18(13-14)20-12-5-8-15-7-3-4-9-17(15)20/h14-18H,2-13,19H2,1H3. The zero-order chi connectivity index (χ0) is 13.9. The monoisotopic (exact) mass is 278 g/mol. The molecule has 0 amide bonds. The molecule has 1 aliphatic heterocycles. The molecule has 116 valence electrons. The first kappa shape index (κ1) is 14.8. The number of hydrogen-bond donors (Lipinski definition) is 1. The third-order valence-corrected chi connectivity index (χ3v) is 6.39. The molecule has 2 nitrogen and oxygen atoms in total. The van der Waals surface area contributed by atoms with E-state index in [1.807, 2.05) is 0 Å². The number of nitrogens with zero attached hydrogens (tertiary/aromatic N) is 1. The molecule has 1 heterocycles. The fraction of sp³-hybridized carbons (Fsp3) is 1.00. The van der Waals surface area contributed by atoms with Crippen molar-refractivity contribution in [2.24, 2.45) is 17.6 Å². The minimum Gasteiger partial charge on any atom is -0.326 e. The van der Waals surface area contributed by atoms with E-state index in [1.54, 1.807) is 0 Å². The molecular weight excluding hydrogens is 244 g/mol. The van der Waals surface area contributed by atoms with Crippen LogP contribution in [0.15, 0.2) is 0 Å². The predicted molar refractivity (Wildman–Crippen MR) is 85.7 cm³/mol. The minimum atomic E-state index is 0.448. The first-order valence-corrected chi connectivity index (χ1v) is 9.31. The Bertz CT molecular complexity index is 302. The number of fused-ring (bicyclic) bond motifs is 1. The molecule has 0 radical (unpaired) electrons. The van der Waals surface area contributed by atoms with Gasteiger partial charge in [0.05, 0.1) is 0 Å². The van der Waals surface area contributed by atoms with E-state index in [4.69, 9.17) is 5.73 Å². The maximum atomic E-state index is 6.55. The zero-order valence-corrected chi connectivity index (χ0v) is 13.4. The van der Waals surface area contributed by atoms with Crippen LogP contribution in [0.5, 0.6) is 0 Å². The summed E-state index contributed by atoms with van der Waals surface area (Å²) in [6.07, 6.45) is 15.6. The Morgan fingerprint density at radius 3 is 2.60 bits per heavy atom. The van der Waals surface area contributed by atoms with Crippen LogP contribution in [0, 0.1) is 11.8 Å². The first-order valence-electron chi connectivity index (χ1n) is 9.31. The van der Waals surface area contributed by atoms with Crippen LogP contribution in [0.4, 0.5) is 0 Å². The lowest BCUT2D eigenvalue weighted by molar-refractivity contribution is -0.00351. The highest BCUT2D eigenvalue weighted by molar-refractivity contribution is 4.96. The minimum absolute atomic E-state index is 0.448. The SMILES string of the molecule is CCCC1CCC(N)C(N2CCCC3CCCCC32)C1. The van der Waals surface area contributed by atoms with Gasteiger partial charge in [0, 0.05) is 18.1 Å². The Balaban J connectivity index is 1.68. The Hall–Kier alpha value is -0.0800. The van der Waals surface area contributed by atoms with E-state index in [2.05, 4.69) is 11.8 Å². The summed E-state index contributed by atoms with van der Waals surface area (Å²) in [6, 6.07) is 2.03. The summed E-state index contributed by atoms with van der Waals surface area (Å²) in [5.74, 6) is 1.95. The third kappa shape index (κ3) is 3.06. The van der Waals surface area contributed by atoms with E-state index in [9.17, 15) is 0 Å². The fourth-order valence-corrected chi connectivity index (χ4v) is 5.38. The van der Waals surface area contributed by atoms with Crippen molar-refractivity contribution in [2.75, 3.05) is 6.54 Å². The highest BCUT2D eigenvalue weighted by atomic mass is 15.2. The normalized spacial score (nSPS) is 43.2. The summed E-state index contributed by atoms with van der Waals surface area (Å²) >= 11 is 0. The smallest absolute Gasteiger partial charge is 0.0252 e. The summed E-state index contributed by atoms with van der Waals surface area (Å²) in [6.45, 7) is 3.67. The van der Waals surface area contributed by atoms with Crippen molar-refractivity contribution < 1.29 is 0 Å². The molecule has 0 aromatic carbocycles. The molecule has 3 fully saturated rings. The van der Waals surface area contributed by atoms with Gasteiger partial charge in [-0.3, -0.25) is 4.90 Å². The van der Waals surface area contributed by atoms with E-state index < -0.39 is 0 Å². The van der Waals surface area contributed by atoms with E-state index in [1.165, 1.54) is 77.2 Å². The Morgan fingerprint density at radius 2 is 1.75 bits per heavy atom. The second-order valence-electron chi connectivity index (χ2n) is 7.69. The lowest BCUT2D eigenvalue weighted by atomic mass is 9.74. The molecule has 0 spiro atoms. The van der Waals surface area contributed by atoms with E-state index in [0.29, 0.717) is 12.1 Å². The highest BCUT2D eigenvalue weighted by Crippen LogP contribution is 2.39.